The molecule has 0 unspecified atom stereocenters. The van der Waals surface area contributed by atoms with Gasteiger partial charge in [0.25, 0.3) is 5.91 Å². The molecule has 162 valence electrons. The summed E-state index contributed by atoms with van der Waals surface area (Å²) in [6, 6.07) is 7.06. The monoisotopic (exact) mass is 470 g/mol. The highest BCUT2D eigenvalue weighted by Crippen LogP contribution is 2.34. The minimum atomic E-state index is -4.52. The van der Waals surface area contributed by atoms with Gasteiger partial charge in [-0.1, -0.05) is 23.7 Å². The Morgan fingerprint density at radius 1 is 1.06 bits per heavy atom. The van der Waals surface area contributed by atoms with Crippen LogP contribution in [0.4, 0.5) is 23.4 Å². The van der Waals surface area contributed by atoms with E-state index in [0.717, 1.165) is 23.6 Å². The predicted molar refractivity (Wildman–Crippen MR) is 110 cm³/mol. The van der Waals surface area contributed by atoms with Crippen LogP contribution in [0.25, 0.3) is 10.6 Å². The minimum Gasteiger partial charge on any atom is -0.352 e. The quantitative estimate of drug-likeness (QED) is 0.507. The molecule has 0 N–H and O–H groups in total. The van der Waals surface area contributed by atoms with Gasteiger partial charge in [0.1, 0.15) is 21.5 Å². The molecule has 3 aromatic rings. The first kappa shape index (κ1) is 21.5. The molecule has 4 rings (SSSR count). The van der Waals surface area contributed by atoms with Crippen LogP contribution < -0.4 is 4.90 Å². The summed E-state index contributed by atoms with van der Waals surface area (Å²) in [4.78, 5) is 24.6. The lowest BCUT2D eigenvalue weighted by atomic mass is 10.2. The Labute approximate surface area is 183 Å². The second-order valence-electron chi connectivity index (χ2n) is 6.82. The number of benzene rings is 1. The van der Waals surface area contributed by atoms with Gasteiger partial charge in [-0.3, -0.25) is 4.79 Å². The third-order valence-electron chi connectivity index (χ3n) is 4.84. The van der Waals surface area contributed by atoms with Crippen LogP contribution in [0.5, 0.6) is 0 Å². The maximum Gasteiger partial charge on any atom is 0.417 e. The lowest BCUT2D eigenvalue weighted by Crippen LogP contribution is -2.49. The van der Waals surface area contributed by atoms with Crippen molar-refractivity contribution in [1.82, 2.24) is 14.9 Å². The second kappa shape index (κ2) is 8.43. The number of nitrogens with zero attached hydrogens (tertiary/aromatic N) is 4. The van der Waals surface area contributed by atoms with E-state index in [1.165, 1.54) is 12.3 Å². The van der Waals surface area contributed by atoms with Gasteiger partial charge in [-0.15, -0.1) is 11.3 Å². The number of aromatic nitrogens is 2. The van der Waals surface area contributed by atoms with Crippen molar-refractivity contribution < 1.29 is 22.4 Å². The van der Waals surface area contributed by atoms with Crippen LogP contribution in [0.2, 0.25) is 5.02 Å². The number of pyridine rings is 1. The number of hydrogen-bond donors (Lipinski definition) is 0. The molecule has 11 heteroatoms. The van der Waals surface area contributed by atoms with Gasteiger partial charge in [0.2, 0.25) is 0 Å². The van der Waals surface area contributed by atoms with E-state index in [2.05, 4.69) is 9.97 Å². The Bertz CT molecular complexity index is 1110. The summed E-state index contributed by atoms with van der Waals surface area (Å²) in [5, 5.41) is 0.326. The molecular formula is C20H15ClF4N4OS. The fourth-order valence-corrected chi connectivity index (χ4v) is 4.42. The van der Waals surface area contributed by atoms with Gasteiger partial charge in [-0.2, -0.15) is 13.2 Å². The number of halogens is 5. The van der Waals surface area contributed by atoms with Gasteiger partial charge in [0.15, 0.2) is 0 Å². The van der Waals surface area contributed by atoms with Crippen molar-refractivity contribution in [2.75, 3.05) is 31.1 Å². The smallest absolute Gasteiger partial charge is 0.352 e. The number of carbonyl (C=O) groups excluding carboxylic acids is 1. The first-order chi connectivity index (χ1) is 14.7. The van der Waals surface area contributed by atoms with Crippen molar-refractivity contribution in [3.8, 4) is 10.6 Å². The molecule has 1 fully saturated rings. The molecule has 1 aliphatic rings. The van der Waals surface area contributed by atoms with Crippen LogP contribution in [-0.4, -0.2) is 47.0 Å². The summed E-state index contributed by atoms with van der Waals surface area (Å²) < 4.78 is 52.3. The molecule has 3 heterocycles. The van der Waals surface area contributed by atoms with E-state index in [1.54, 1.807) is 28.0 Å². The highest BCUT2D eigenvalue weighted by Gasteiger charge is 2.32. The van der Waals surface area contributed by atoms with Gasteiger partial charge in [-0.05, 0) is 18.2 Å². The summed E-state index contributed by atoms with van der Waals surface area (Å²) in [5.74, 6) is -0.391. The molecule has 0 spiro atoms. The first-order valence-electron chi connectivity index (χ1n) is 9.22. The Balaban J connectivity index is 1.43. The van der Waals surface area contributed by atoms with Crippen molar-refractivity contribution in [2.45, 2.75) is 6.18 Å². The fourth-order valence-electron chi connectivity index (χ4n) is 3.23. The highest BCUT2D eigenvalue weighted by atomic mass is 35.5. The fraction of sp³-hybridized carbons (Fsp3) is 0.250. The lowest BCUT2D eigenvalue weighted by Gasteiger charge is -2.35. The average molecular weight is 471 g/mol. The van der Waals surface area contributed by atoms with Crippen molar-refractivity contribution in [1.29, 1.82) is 0 Å². The van der Waals surface area contributed by atoms with Crippen LogP contribution >= 0.6 is 22.9 Å². The van der Waals surface area contributed by atoms with Crippen LogP contribution in [0.1, 0.15) is 15.2 Å². The van der Waals surface area contributed by atoms with Gasteiger partial charge >= 0.3 is 6.18 Å². The minimum absolute atomic E-state index is 0.0911. The average Bonchev–Trinajstić information content (AvgIpc) is 3.23. The molecule has 1 saturated heterocycles. The molecule has 0 radical (unpaired) electrons. The number of alkyl halides is 3. The summed E-state index contributed by atoms with van der Waals surface area (Å²) in [6.45, 7) is 1.40. The lowest BCUT2D eigenvalue weighted by molar-refractivity contribution is -0.137. The number of piperazine rings is 1. The molecular weight excluding hydrogens is 456 g/mol. The summed E-state index contributed by atoms with van der Waals surface area (Å²) in [7, 11) is 0. The van der Waals surface area contributed by atoms with Crippen molar-refractivity contribution in [3.05, 3.63) is 64.0 Å². The van der Waals surface area contributed by atoms with E-state index in [0.29, 0.717) is 41.6 Å². The summed E-state index contributed by atoms with van der Waals surface area (Å²) in [6.07, 6.45) is -2.34. The number of amides is 1. The molecule has 0 saturated carbocycles. The zero-order chi connectivity index (χ0) is 22.2. The number of anilines is 1. The van der Waals surface area contributed by atoms with E-state index < -0.39 is 17.6 Å². The standard InChI is InChI=1S/C20H15ClF4N4OS/c21-14-9-12(20(23,24)25)10-26-17(14)28-5-7-29(8-6-28)19(30)16-11-27-18(31-16)13-3-1-2-4-15(13)22/h1-4,9-11H,5-8H2. The van der Waals surface area contributed by atoms with E-state index in [-0.39, 0.29) is 16.7 Å². The normalized spacial score (nSPS) is 14.7. The molecule has 1 aliphatic heterocycles. The van der Waals surface area contributed by atoms with Crippen LogP contribution in [0, 0.1) is 5.82 Å². The Morgan fingerprint density at radius 3 is 2.42 bits per heavy atom. The number of hydrogen-bond acceptors (Lipinski definition) is 5. The topological polar surface area (TPSA) is 49.3 Å². The zero-order valence-corrected chi connectivity index (χ0v) is 17.4. The third kappa shape index (κ3) is 4.49. The largest absolute Gasteiger partial charge is 0.417 e. The number of rotatable bonds is 3. The van der Waals surface area contributed by atoms with E-state index in [1.807, 2.05) is 0 Å². The molecule has 1 amide bonds. The van der Waals surface area contributed by atoms with Crippen molar-refractivity contribution in [3.63, 3.8) is 0 Å². The van der Waals surface area contributed by atoms with Gasteiger partial charge < -0.3 is 9.80 Å². The number of thiazole rings is 1. The molecule has 1 aromatic carbocycles. The Morgan fingerprint density at radius 2 is 1.77 bits per heavy atom. The van der Waals surface area contributed by atoms with E-state index in [4.69, 9.17) is 11.6 Å². The van der Waals surface area contributed by atoms with Crippen molar-refractivity contribution >= 4 is 34.7 Å². The second-order valence-corrected chi connectivity index (χ2v) is 8.25. The van der Waals surface area contributed by atoms with Gasteiger partial charge in [-0.25, -0.2) is 14.4 Å². The molecule has 0 atom stereocenters. The van der Waals surface area contributed by atoms with Crippen molar-refractivity contribution in [2.24, 2.45) is 0 Å². The maximum atomic E-state index is 14.0. The molecule has 0 aliphatic carbocycles. The zero-order valence-electron chi connectivity index (χ0n) is 15.9. The van der Waals surface area contributed by atoms with Gasteiger partial charge in [0, 0.05) is 37.9 Å². The SMILES string of the molecule is O=C(c1cnc(-c2ccccc2F)s1)N1CCN(c2ncc(C(F)(F)F)cc2Cl)CC1. The molecule has 31 heavy (non-hydrogen) atoms. The molecule has 5 nitrogen and oxygen atoms in total. The predicted octanol–water partition coefficient (Wildman–Crippen LogP) is 4.98. The maximum absolute atomic E-state index is 14.0. The van der Waals surface area contributed by atoms with Crippen LogP contribution in [0.15, 0.2) is 42.7 Å². The Hall–Kier alpha value is -2.72. The third-order valence-corrected chi connectivity index (χ3v) is 6.13. The van der Waals surface area contributed by atoms with Gasteiger partial charge in [0.05, 0.1) is 16.8 Å². The Kier molecular flexibility index (Phi) is 5.85. The first-order valence-corrected chi connectivity index (χ1v) is 10.4. The summed E-state index contributed by atoms with van der Waals surface area (Å²) >= 11 is 7.12. The van der Waals surface area contributed by atoms with E-state index >= 15 is 0 Å². The summed E-state index contributed by atoms with van der Waals surface area (Å²) in [5.41, 5.74) is -0.578. The van der Waals surface area contributed by atoms with Crippen LogP contribution in [0.3, 0.4) is 0 Å². The van der Waals surface area contributed by atoms with Crippen LogP contribution in [-0.2, 0) is 6.18 Å². The highest BCUT2D eigenvalue weighted by molar-refractivity contribution is 7.16. The molecule has 2 aromatic heterocycles. The number of carbonyl (C=O) groups is 1. The van der Waals surface area contributed by atoms with E-state index in [9.17, 15) is 22.4 Å². The molecule has 0 bridgehead atoms.